The predicted octanol–water partition coefficient (Wildman–Crippen LogP) is -6.77. The van der Waals surface area contributed by atoms with Crippen molar-refractivity contribution in [2.75, 3.05) is 13.4 Å². The van der Waals surface area contributed by atoms with Crippen LogP contribution in [0.3, 0.4) is 0 Å². The van der Waals surface area contributed by atoms with Gasteiger partial charge in [-0.05, 0) is 0 Å². The van der Waals surface area contributed by atoms with Crippen molar-refractivity contribution in [1.29, 1.82) is 0 Å². The van der Waals surface area contributed by atoms with Crippen LogP contribution < -0.4 is 56.1 Å². The molecule has 0 unspecified atom stereocenters. The molecule has 0 amide bonds. The van der Waals surface area contributed by atoms with E-state index in [2.05, 4.69) is 0 Å². The number of nitrogens with zero attached hydrogens (tertiary/aromatic N) is 1. The Kier molecular flexibility index (Phi) is 12.1. The summed E-state index contributed by atoms with van der Waals surface area (Å²) in [6, 6.07) is 0. The fourth-order valence-corrected chi connectivity index (χ4v) is 1.12. The topological polar surface area (TPSA) is 179 Å². The smallest absolute Gasteiger partial charge is 0.735 e. The van der Waals surface area contributed by atoms with Gasteiger partial charge in [-0.3, -0.25) is 4.55 Å². The normalized spacial score (nSPS) is 11.7. The summed E-state index contributed by atoms with van der Waals surface area (Å²) < 4.78 is 59.7. The number of aliphatic hydroxyl groups excluding tert-OH is 1. The molecule has 0 aliphatic carbocycles. The number of hydrogen-bond donors (Lipinski definition) is 3. The molecule has 0 aliphatic heterocycles. The first kappa shape index (κ1) is 21.6. The van der Waals surface area contributed by atoms with Crippen molar-refractivity contribution in [2.45, 2.75) is 0 Å². The molecule has 15 heavy (non-hydrogen) atoms. The molecule has 0 aromatic heterocycles. The van der Waals surface area contributed by atoms with E-state index in [9.17, 15) is 21.4 Å². The third kappa shape index (κ3) is 11.6. The van der Waals surface area contributed by atoms with Crippen molar-refractivity contribution in [2.24, 2.45) is 0 Å². The van der Waals surface area contributed by atoms with Gasteiger partial charge < -0.3 is 15.1 Å². The molecule has 0 saturated carbocycles. The molecule has 10 nitrogen and oxygen atoms in total. The fourth-order valence-electron chi connectivity index (χ4n) is 0.356. The number of nitrogens with one attached hydrogen (secondary N) is 1. The van der Waals surface area contributed by atoms with E-state index in [1.807, 2.05) is 0 Å². The van der Waals surface area contributed by atoms with Gasteiger partial charge in [0.2, 0.25) is 0 Å². The molecule has 0 aliphatic rings. The van der Waals surface area contributed by atoms with Gasteiger partial charge in [-0.2, -0.15) is 8.42 Å². The zero-order valence-electron chi connectivity index (χ0n) is 7.61. The van der Waals surface area contributed by atoms with Gasteiger partial charge in [-0.25, -0.2) is 13.1 Å². The largest absolute Gasteiger partial charge is 1.00 e. The summed E-state index contributed by atoms with van der Waals surface area (Å²) in [7, 11) is -9.54. The zero-order valence-corrected chi connectivity index (χ0v) is 12.4. The van der Waals surface area contributed by atoms with Crippen LogP contribution in [0.25, 0.3) is 0 Å². The second kappa shape index (κ2) is 8.40. The maximum Gasteiger partial charge on any atom is 1.00 e. The van der Waals surface area contributed by atoms with Gasteiger partial charge in [0.25, 0.3) is 0 Å². The molecule has 0 fully saturated rings. The van der Waals surface area contributed by atoms with Gasteiger partial charge in [-0.15, -0.1) is 4.31 Å². The zero-order chi connectivity index (χ0) is 10.7. The van der Waals surface area contributed by atoms with E-state index in [0.29, 0.717) is 0 Å². The minimum absolute atomic E-state index is 0. The Hall–Kier alpha value is 1.30. The van der Waals surface area contributed by atoms with E-state index >= 15 is 0 Å². The van der Waals surface area contributed by atoms with Crippen molar-refractivity contribution < 1.29 is 87.9 Å². The SMILES string of the molecule is O.O=S(=O)([O-])NCN(CO)S(=O)(=O)O.[K+]. The van der Waals surface area contributed by atoms with E-state index < -0.39 is 34.0 Å². The van der Waals surface area contributed by atoms with Crippen LogP contribution in [0.5, 0.6) is 0 Å². The Bertz CT molecular complexity index is 349. The summed E-state index contributed by atoms with van der Waals surface area (Å²) in [4.78, 5) is 0. The second-order valence-electron chi connectivity index (χ2n) is 1.83. The third-order valence-electron chi connectivity index (χ3n) is 0.902. The first-order valence-electron chi connectivity index (χ1n) is 2.70. The van der Waals surface area contributed by atoms with E-state index in [1.165, 1.54) is 4.72 Å². The monoisotopic (exact) mass is 292 g/mol. The molecule has 0 radical (unpaired) electrons. The van der Waals surface area contributed by atoms with Crippen LogP contribution in [0.4, 0.5) is 0 Å². The molecule has 0 bridgehead atoms. The predicted molar refractivity (Wildman–Crippen MR) is 41.8 cm³/mol. The maximum absolute atomic E-state index is 10.3. The molecule has 5 N–H and O–H groups in total. The molecule has 0 saturated heterocycles. The van der Waals surface area contributed by atoms with Gasteiger partial charge in [0.15, 0.2) is 10.3 Å². The van der Waals surface area contributed by atoms with Gasteiger partial charge in [0, 0.05) is 0 Å². The van der Waals surface area contributed by atoms with Gasteiger partial charge in [-0.1, -0.05) is 0 Å². The molecule has 0 aromatic rings. The Morgan fingerprint density at radius 3 is 1.87 bits per heavy atom. The molecule has 0 atom stereocenters. The minimum Gasteiger partial charge on any atom is -0.735 e. The Morgan fingerprint density at radius 1 is 1.27 bits per heavy atom. The van der Waals surface area contributed by atoms with E-state index in [-0.39, 0.29) is 61.2 Å². The third-order valence-corrected chi connectivity index (χ3v) is 2.28. The molecule has 0 aromatic carbocycles. The van der Waals surface area contributed by atoms with E-state index in [4.69, 9.17) is 9.66 Å². The summed E-state index contributed by atoms with van der Waals surface area (Å²) >= 11 is 0. The van der Waals surface area contributed by atoms with Crippen molar-refractivity contribution >= 4 is 20.6 Å². The van der Waals surface area contributed by atoms with Crippen LogP contribution in [0.15, 0.2) is 0 Å². The Morgan fingerprint density at radius 2 is 1.67 bits per heavy atom. The molecule has 88 valence electrons. The first-order chi connectivity index (χ1) is 5.67. The number of rotatable bonds is 5. The molecule has 0 spiro atoms. The maximum atomic E-state index is 10.3. The first-order valence-corrected chi connectivity index (χ1v) is 5.51. The van der Waals surface area contributed by atoms with Crippen molar-refractivity contribution in [3.05, 3.63) is 0 Å². The van der Waals surface area contributed by atoms with Crippen LogP contribution in [-0.4, -0.2) is 54.2 Å². The molecular formula is C2H9KN2O8S2. The van der Waals surface area contributed by atoms with Gasteiger partial charge in [0.05, 0.1) is 6.67 Å². The summed E-state index contributed by atoms with van der Waals surface area (Å²) in [5.41, 5.74) is 0. The fraction of sp³-hybridized carbons (Fsp3) is 1.00. The number of hydrogen-bond acceptors (Lipinski definition) is 6. The van der Waals surface area contributed by atoms with Crippen LogP contribution >= 0.6 is 0 Å². The summed E-state index contributed by atoms with van der Waals surface area (Å²) in [6.45, 7) is -2.18. The summed E-state index contributed by atoms with van der Waals surface area (Å²) in [5, 5.41) is 8.31. The van der Waals surface area contributed by atoms with Crippen LogP contribution in [0.1, 0.15) is 0 Å². The average molecular weight is 292 g/mol. The molecule has 0 rings (SSSR count). The quantitative estimate of drug-likeness (QED) is 0.256. The van der Waals surface area contributed by atoms with Gasteiger partial charge in [0.1, 0.15) is 6.73 Å². The summed E-state index contributed by atoms with van der Waals surface area (Å²) in [6.07, 6.45) is 0. The average Bonchev–Trinajstić information content (AvgIpc) is 1.82. The van der Waals surface area contributed by atoms with Crippen molar-refractivity contribution in [3.63, 3.8) is 0 Å². The van der Waals surface area contributed by atoms with Crippen LogP contribution in [-0.2, 0) is 20.6 Å². The minimum atomic E-state index is -4.82. The van der Waals surface area contributed by atoms with E-state index in [0.717, 1.165) is 0 Å². The summed E-state index contributed by atoms with van der Waals surface area (Å²) in [5.74, 6) is 0. The molecule has 13 heteroatoms. The van der Waals surface area contributed by atoms with E-state index in [1.54, 1.807) is 0 Å². The van der Waals surface area contributed by atoms with Crippen LogP contribution in [0, 0.1) is 0 Å². The standard InChI is InChI=1S/C2H8N2O7S2.K.H2O/c5-2-4(13(9,10)11)1-3-12(6,7)8;;/h3,5H,1-2H2,(H,6,7,8)(H,9,10,11);;1H2/q;+1;/p-1. The molecule has 0 heterocycles. The second-order valence-corrected chi connectivity index (χ2v) is 4.44. The molecular weight excluding hydrogens is 283 g/mol. The van der Waals surface area contributed by atoms with Gasteiger partial charge >= 0.3 is 61.7 Å². The van der Waals surface area contributed by atoms with Crippen molar-refractivity contribution in [3.8, 4) is 0 Å². The Labute approximate surface area is 129 Å². The number of aliphatic hydroxyl groups is 1. The van der Waals surface area contributed by atoms with Crippen molar-refractivity contribution in [1.82, 2.24) is 9.03 Å². The Balaban J connectivity index is -0.000000720. The van der Waals surface area contributed by atoms with Crippen LogP contribution in [0.2, 0.25) is 0 Å².